The molecule has 1 saturated heterocycles. The Hall–Kier alpha value is -0.910. The second-order valence-corrected chi connectivity index (χ2v) is 5.23. The average molecular weight is 253 g/mol. The maximum absolute atomic E-state index is 10.1. The van der Waals surface area contributed by atoms with Crippen LogP contribution in [-0.2, 0) is 13.1 Å². The van der Waals surface area contributed by atoms with Crippen LogP contribution in [0.15, 0.2) is 12.4 Å². The van der Waals surface area contributed by atoms with E-state index < -0.39 is 5.60 Å². The van der Waals surface area contributed by atoms with E-state index >= 15 is 0 Å². The Kier molecular flexibility index (Phi) is 4.37. The van der Waals surface area contributed by atoms with Gasteiger partial charge in [0.1, 0.15) is 11.4 Å². The predicted octanol–water partition coefficient (Wildman–Crippen LogP) is 0.612. The third-order valence-corrected chi connectivity index (χ3v) is 3.56. The average Bonchev–Trinajstić information content (AvgIpc) is 2.77. The number of β-amino-alcohol motifs (C(OH)–C–C–N with tert-alkyl or cyclic N) is 1. The van der Waals surface area contributed by atoms with Gasteiger partial charge in [0, 0.05) is 25.5 Å². The van der Waals surface area contributed by atoms with Crippen molar-refractivity contribution in [2.45, 2.75) is 44.9 Å². The highest BCUT2D eigenvalue weighted by Gasteiger charge is 2.32. The smallest absolute Gasteiger partial charge is 0.122 e. The van der Waals surface area contributed by atoms with Crippen LogP contribution >= 0.6 is 0 Å². The minimum Gasteiger partial charge on any atom is -0.393 e. The van der Waals surface area contributed by atoms with Crippen molar-refractivity contribution in [1.82, 2.24) is 14.5 Å². The summed E-state index contributed by atoms with van der Waals surface area (Å²) in [7, 11) is 0. The molecule has 0 radical (unpaired) electrons. The number of aliphatic hydroxyl groups is 2. The monoisotopic (exact) mass is 253 g/mol. The molecule has 2 rings (SSSR count). The van der Waals surface area contributed by atoms with E-state index in [0.717, 1.165) is 38.3 Å². The highest BCUT2D eigenvalue weighted by atomic mass is 16.3. The molecule has 0 bridgehead atoms. The van der Waals surface area contributed by atoms with Gasteiger partial charge in [0.05, 0.1) is 13.2 Å². The summed E-state index contributed by atoms with van der Waals surface area (Å²) in [6.45, 7) is 5.20. The van der Waals surface area contributed by atoms with Gasteiger partial charge in [-0.3, -0.25) is 4.90 Å². The molecule has 0 saturated carbocycles. The van der Waals surface area contributed by atoms with E-state index in [1.807, 2.05) is 12.4 Å². The molecule has 0 aliphatic carbocycles. The lowest BCUT2D eigenvalue weighted by atomic mass is 9.94. The number of aryl methyl sites for hydroxylation is 1. The molecule has 0 amide bonds. The molecule has 1 aliphatic rings. The summed E-state index contributed by atoms with van der Waals surface area (Å²) in [6.07, 6.45) is 6.52. The Morgan fingerprint density at radius 1 is 1.50 bits per heavy atom. The second kappa shape index (κ2) is 5.82. The van der Waals surface area contributed by atoms with Crippen molar-refractivity contribution in [3.05, 3.63) is 18.2 Å². The van der Waals surface area contributed by atoms with Gasteiger partial charge >= 0.3 is 0 Å². The van der Waals surface area contributed by atoms with Crippen LogP contribution in [0.5, 0.6) is 0 Å². The van der Waals surface area contributed by atoms with Crippen LogP contribution < -0.4 is 0 Å². The minimum atomic E-state index is -0.930. The lowest BCUT2D eigenvalue weighted by Gasteiger charge is -2.37. The Morgan fingerprint density at radius 3 is 3.06 bits per heavy atom. The van der Waals surface area contributed by atoms with Crippen molar-refractivity contribution >= 4 is 0 Å². The molecule has 1 fully saturated rings. The van der Waals surface area contributed by atoms with E-state index in [2.05, 4.69) is 21.4 Å². The van der Waals surface area contributed by atoms with Crippen molar-refractivity contribution in [3.63, 3.8) is 0 Å². The highest BCUT2D eigenvalue weighted by Crippen LogP contribution is 2.21. The molecule has 18 heavy (non-hydrogen) atoms. The molecule has 0 spiro atoms. The van der Waals surface area contributed by atoms with Crippen LogP contribution in [0.25, 0.3) is 0 Å². The molecule has 1 aliphatic heterocycles. The van der Waals surface area contributed by atoms with Crippen LogP contribution in [0.4, 0.5) is 0 Å². The molecular weight excluding hydrogens is 230 g/mol. The number of imidazole rings is 1. The zero-order chi connectivity index (χ0) is 13.0. The largest absolute Gasteiger partial charge is 0.393 e. The maximum Gasteiger partial charge on any atom is 0.122 e. The lowest BCUT2D eigenvalue weighted by molar-refractivity contribution is -0.0693. The number of piperidine rings is 1. The molecular formula is C13H23N3O2. The van der Waals surface area contributed by atoms with E-state index in [1.165, 1.54) is 0 Å². The number of likely N-dealkylation sites (tertiary alicyclic amines) is 1. The van der Waals surface area contributed by atoms with Crippen LogP contribution in [0.1, 0.15) is 32.0 Å². The van der Waals surface area contributed by atoms with Gasteiger partial charge in [-0.2, -0.15) is 0 Å². The number of nitrogens with zero attached hydrogens (tertiary/aromatic N) is 3. The number of hydrogen-bond acceptors (Lipinski definition) is 4. The molecule has 1 aromatic rings. The first kappa shape index (κ1) is 13.5. The van der Waals surface area contributed by atoms with Gasteiger partial charge in [0.25, 0.3) is 0 Å². The minimum absolute atomic E-state index is 0.160. The SMILES string of the molecule is CCCn1ccnc1CN1CCC[C@](O)(CO)C1. The standard InChI is InChI=1S/C13H23N3O2/c1-2-6-16-8-5-14-12(16)9-15-7-3-4-13(18,10-15)11-17/h5,8,17-18H,2-4,6-7,9-11H2,1H3/t13-/m1/s1. The van der Waals surface area contributed by atoms with Crippen LogP contribution in [0.2, 0.25) is 0 Å². The Bertz CT molecular complexity index is 380. The Balaban J connectivity index is 1.98. The summed E-state index contributed by atoms with van der Waals surface area (Å²) in [5.41, 5.74) is -0.930. The van der Waals surface area contributed by atoms with E-state index in [1.54, 1.807) is 0 Å². The van der Waals surface area contributed by atoms with E-state index in [0.29, 0.717) is 13.0 Å². The van der Waals surface area contributed by atoms with Crippen LogP contribution in [0.3, 0.4) is 0 Å². The Morgan fingerprint density at radius 2 is 2.33 bits per heavy atom. The third-order valence-electron chi connectivity index (χ3n) is 3.56. The molecule has 5 nitrogen and oxygen atoms in total. The first-order valence-electron chi connectivity index (χ1n) is 6.72. The predicted molar refractivity (Wildman–Crippen MR) is 69.1 cm³/mol. The van der Waals surface area contributed by atoms with Gasteiger partial charge in [-0.15, -0.1) is 0 Å². The van der Waals surface area contributed by atoms with Gasteiger partial charge < -0.3 is 14.8 Å². The maximum atomic E-state index is 10.1. The van der Waals surface area contributed by atoms with Gasteiger partial charge in [0.15, 0.2) is 0 Å². The first-order valence-corrected chi connectivity index (χ1v) is 6.72. The summed E-state index contributed by atoms with van der Waals surface area (Å²) >= 11 is 0. The van der Waals surface area contributed by atoms with E-state index in [-0.39, 0.29) is 6.61 Å². The molecule has 0 unspecified atom stereocenters. The molecule has 0 aromatic carbocycles. The zero-order valence-corrected chi connectivity index (χ0v) is 11.0. The molecule has 1 aromatic heterocycles. The molecule has 102 valence electrons. The summed E-state index contributed by atoms with van der Waals surface area (Å²) in [4.78, 5) is 6.55. The number of aromatic nitrogens is 2. The number of aliphatic hydroxyl groups excluding tert-OH is 1. The molecule has 2 N–H and O–H groups in total. The van der Waals surface area contributed by atoms with E-state index in [9.17, 15) is 10.2 Å². The van der Waals surface area contributed by atoms with Crippen molar-refractivity contribution in [1.29, 1.82) is 0 Å². The van der Waals surface area contributed by atoms with Gasteiger partial charge in [-0.25, -0.2) is 4.98 Å². The zero-order valence-electron chi connectivity index (χ0n) is 11.0. The molecule has 1 atom stereocenters. The van der Waals surface area contributed by atoms with Gasteiger partial charge in [-0.1, -0.05) is 6.92 Å². The van der Waals surface area contributed by atoms with E-state index in [4.69, 9.17) is 0 Å². The molecule has 2 heterocycles. The van der Waals surface area contributed by atoms with Crippen molar-refractivity contribution in [2.24, 2.45) is 0 Å². The summed E-state index contributed by atoms with van der Waals surface area (Å²) < 4.78 is 2.16. The Labute approximate surface area is 108 Å². The second-order valence-electron chi connectivity index (χ2n) is 5.23. The topological polar surface area (TPSA) is 61.5 Å². The van der Waals surface area contributed by atoms with Gasteiger partial charge in [-0.05, 0) is 25.8 Å². The number of rotatable bonds is 5. The summed E-state index contributed by atoms with van der Waals surface area (Å²) in [6, 6.07) is 0. The summed E-state index contributed by atoms with van der Waals surface area (Å²) in [5.74, 6) is 1.04. The van der Waals surface area contributed by atoms with Crippen LogP contribution in [0, 0.1) is 0 Å². The first-order chi connectivity index (χ1) is 8.67. The van der Waals surface area contributed by atoms with Crippen molar-refractivity contribution in [3.8, 4) is 0 Å². The fourth-order valence-electron chi connectivity index (χ4n) is 2.61. The lowest BCUT2D eigenvalue weighted by Crippen LogP contribution is -2.50. The highest BCUT2D eigenvalue weighted by molar-refractivity contribution is 4.95. The number of hydrogen-bond donors (Lipinski definition) is 2. The van der Waals surface area contributed by atoms with Crippen molar-refractivity contribution < 1.29 is 10.2 Å². The summed E-state index contributed by atoms with van der Waals surface area (Å²) in [5, 5.41) is 19.4. The van der Waals surface area contributed by atoms with Gasteiger partial charge in [0.2, 0.25) is 0 Å². The molecule has 5 heteroatoms. The fraction of sp³-hybridized carbons (Fsp3) is 0.769. The van der Waals surface area contributed by atoms with Crippen LogP contribution in [-0.4, -0.2) is 50.0 Å². The normalized spacial score (nSPS) is 25.5. The fourth-order valence-corrected chi connectivity index (χ4v) is 2.61. The quantitative estimate of drug-likeness (QED) is 0.807. The third kappa shape index (κ3) is 3.10. The van der Waals surface area contributed by atoms with Crippen molar-refractivity contribution in [2.75, 3.05) is 19.7 Å².